The second kappa shape index (κ2) is 13.1. The summed E-state index contributed by atoms with van der Waals surface area (Å²) in [6, 6.07) is 2.27. The monoisotopic (exact) mass is 598 g/mol. The van der Waals surface area contributed by atoms with Crippen LogP contribution in [0, 0.1) is 11.7 Å². The molecule has 0 bridgehead atoms. The Morgan fingerprint density at radius 2 is 1.98 bits per heavy atom. The first-order chi connectivity index (χ1) is 19.4. The zero-order valence-electron chi connectivity index (χ0n) is 22.4. The predicted molar refractivity (Wildman–Crippen MR) is 144 cm³/mol. The zero-order valence-corrected chi connectivity index (χ0v) is 23.2. The fourth-order valence-electron chi connectivity index (χ4n) is 4.39. The van der Waals surface area contributed by atoms with Gasteiger partial charge in [-0.25, -0.2) is 14.4 Å². The standard InChI is InChI=1S/C26H30F4N6O4S/c1-35(7-8-40-2)14-20-22(16-9-17(26(28,29)30)11-18(27)10-16)33-25(41-20)34-23(37)19-12-32-21(13-31-19)36-5-3-15(4-6-36)24(38)39/h9-13,15,23,37H,3-8,14H2,1-2H3,(H,33,34)(H,38,39). The van der Waals surface area contributed by atoms with Crippen molar-refractivity contribution >= 4 is 28.3 Å². The largest absolute Gasteiger partial charge is 0.481 e. The average molecular weight is 599 g/mol. The van der Waals surface area contributed by atoms with Gasteiger partial charge in [-0.3, -0.25) is 14.7 Å². The van der Waals surface area contributed by atoms with Crippen LogP contribution in [0.1, 0.15) is 35.2 Å². The minimum atomic E-state index is -4.74. The molecule has 1 aromatic carbocycles. The molecule has 1 aliphatic heterocycles. The van der Waals surface area contributed by atoms with E-state index in [-0.39, 0.29) is 28.0 Å². The Kier molecular flexibility index (Phi) is 9.73. The molecule has 1 atom stereocenters. The molecule has 0 saturated carbocycles. The lowest BCUT2D eigenvalue weighted by Gasteiger charge is -2.30. The first kappa shape index (κ1) is 30.6. The van der Waals surface area contributed by atoms with E-state index < -0.39 is 29.8 Å². The van der Waals surface area contributed by atoms with Crippen molar-refractivity contribution in [2.24, 2.45) is 5.92 Å². The van der Waals surface area contributed by atoms with E-state index in [2.05, 4.69) is 20.3 Å². The van der Waals surface area contributed by atoms with Crippen molar-refractivity contribution in [2.75, 3.05) is 50.6 Å². The van der Waals surface area contributed by atoms with Gasteiger partial charge in [0.2, 0.25) is 0 Å². The molecule has 1 unspecified atom stereocenters. The summed E-state index contributed by atoms with van der Waals surface area (Å²) in [7, 11) is 3.36. The van der Waals surface area contributed by atoms with Crippen LogP contribution in [-0.2, 0) is 22.3 Å². The molecule has 4 rings (SSSR count). The van der Waals surface area contributed by atoms with E-state index in [0.29, 0.717) is 62.4 Å². The van der Waals surface area contributed by atoms with Crippen LogP contribution in [0.15, 0.2) is 30.6 Å². The highest BCUT2D eigenvalue weighted by Gasteiger charge is 2.32. The summed E-state index contributed by atoms with van der Waals surface area (Å²) in [5.74, 6) is -1.69. The van der Waals surface area contributed by atoms with Crippen molar-refractivity contribution in [1.29, 1.82) is 0 Å². The lowest BCUT2D eigenvalue weighted by atomic mass is 9.97. The maximum Gasteiger partial charge on any atom is 0.416 e. The fourth-order valence-corrected chi connectivity index (χ4v) is 5.48. The number of thiazole rings is 1. The Hall–Kier alpha value is -3.40. The van der Waals surface area contributed by atoms with Crippen molar-refractivity contribution in [1.82, 2.24) is 19.9 Å². The molecular formula is C26H30F4N6O4S. The topological polar surface area (TPSA) is 124 Å². The molecule has 1 saturated heterocycles. The number of anilines is 2. The highest BCUT2D eigenvalue weighted by atomic mass is 32.1. The fraction of sp³-hybridized carbons (Fsp3) is 0.462. The van der Waals surface area contributed by atoms with Gasteiger partial charge in [-0.15, -0.1) is 11.3 Å². The minimum absolute atomic E-state index is 0.0398. The van der Waals surface area contributed by atoms with Crippen molar-refractivity contribution in [3.63, 3.8) is 0 Å². The number of aliphatic hydroxyl groups is 1. The number of carboxylic acid groups (broad SMARTS) is 1. The van der Waals surface area contributed by atoms with Crippen LogP contribution in [0.4, 0.5) is 28.5 Å². The molecule has 0 radical (unpaired) electrons. The smallest absolute Gasteiger partial charge is 0.416 e. The van der Waals surface area contributed by atoms with E-state index in [4.69, 9.17) is 4.74 Å². The third kappa shape index (κ3) is 7.87. The van der Waals surface area contributed by atoms with Gasteiger partial charge in [0.05, 0.1) is 36.2 Å². The number of nitrogens with zero attached hydrogens (tertiary/aromatic N) is 5. The summed E-state index contributed by atoms with van der Waals surface area (Å²) < 4.78 is 59.5. The molecule has 1 aliphatic rings. The summed E-state index contributed by atoms with van der Waals surface area (Å²) >= 11 is 1.11. The molecule has 41 heavy (non-hydrogen) atoms. The van der Waals surface area contributed by atoms with Crippen LogP contribution >= 0.6 is 11.3 Å². The third-order valence-electron chi connectivity index (χ3n) is 6.65. The number of aliphatic hydroxyl groups excluding tert-OH is 1. The number of aliphatic carboxylic acids is 1. The normalized spacial score (nSPS) is 15.4. The van der Waals surface area contributed by atoms with E-state index in [1.54, 1.807) is 14.2 Å². The lowest BCUT2D eigenvalue weighted by molar-refractivity contribution is -0.142. The van der Waals surface area contributed by atoms with E-state index in [0.717, 1.165) is 23.5 Å². The SMILES string of the molecule is COCCN(C)Cc1sc(NC(O)c2cnc(N3CCC(C(=O)O)CC3)cn2)nc1-c1cc(F)cc(C(F)(F)F)c1. The number of ether oxygens (including phenoxy) is 1. The Morgan fingerprint density at radius 3 is 2.59 bits per heavy atom. The van der Waals surface area contributed by atoms with Crippen LogP contribution in [0.3, 0.4) is 0 Å². The molecule has 15 heteroatoms. The van der Waals surface area contributed by atoms with Crippen molar-refractivity contribution in [3.05, 3.63) is 52.5 Å². The summed E-state index contributed by atoms with van der Waals surface area (Å²) in [6.45, 7) is 2.29. The minimum Gasteiger partial charge on any atom is -0.481 e. The van der Waals surface area contributed by atoms with Crippen LogP contribution in [0.5, 0.6) is 0 Å². The maximum absolute atomic E-state index is 14.2. The molecule has 222 valence electrons. The average Bonchev–Trinajstić information content (AvgIpc) is 3.32. The van der Waals surface area contributed by atoms with E-state index in [1.807, 2.05) is 9.80 Å². The number of aromatic nitrogens is 3. The van der Waals surface area contributed by atoms with Gasteiger partial charge < -0.3 is 25.2 Å². The molecular weight excluding hydrogens is 568 g/mol. The van der Waals surface area contributed by atoms with Gasteiger partial charge >= 0.3 is 12.1 Å². The second-order valence-corrected chi connectivity index (χ2v) is 10.8. The number of alkyl halides is 3. The number of benzene rings is 1. The quantitative estimate of drug-likeness (QED) is 0.218. The van der Waals surface area contributed by atoms with Gasteiger partial charge in [-0.1, -0.05) is 0 Å². The van der Waals surface area contributed by atoms with Gasteiger partial charge in [-0.05, 0) is 38.1 Å². The number of likely N-dealkylation sites (N-methyl/N-ethyl adjacent to an activating group) is 1. The summed E-state index contributed by atoms with van der Waals surface area (Å²) in [4.78, 5) is 28.6. The van der Waals surface area contributed by atoms with Crippen LogP contribution in [0.25, 0.3) is 11.3 Å². The molecule has 0 spiro atoms. The highest BCUT2D eigenvalue weighted by Crippen LogP contribution is 2.37. The Balaban J connectivity index is 1.54. The van der Waals surface area contributed by atoms with Crippen molar-refractivity contribution in [3.8, 4) is 11.3 Å². The lowest BCUT2D eigenvalue weighted by Crippen LogP contribution is -2.36. The number of hydrogen-bond donors (Lipinski definition) is 3. The van der Waals surface area contributed by atoms with Crippen LogP contribution in [-0.4, -0.2) is 76.4 Å². The first-order valence-corrected chi connectivity index (χ1v) is 13.6. The molecule has 0 amide bonds. The van der Waals surface area contributed by atoms with E-state index in [9.17, 15) is 32.6 Å². The Bertz CT molecular complexity index is 1330. The number of piperidine rings is 1. The molecule has 0 aliphatic carbocycles. The van der Waals surface area contributed by atoms with Gasteiger partial charge in [0.1, 0.15) is 17.3 Å². The van der Waals surface area contributed by atoms with Gasteiger partial charge in [0.15, 0.2) is 11.4 Å². The number of hydrogen-bond acceptors (Lipinski definition) is 10. The molecule has 3 N–H and O–H groups in total. The van der Waals surface area contributed by atoms with Crippen molar-refractivity contribution in [2.45, 2.75) is 31.8 Å². The number of nitrogens with one attached hydrogen (secondary N) is 1. The third-order valence-corrected chi connectivity index (χ3v) is 7.62. The highest BCUT2D eigenvalue weighted by molar-refractivity contribution is 7.16. The van der Waals surface area contributed by atoms with Crippen molar-refractivity contribution < 1.29 is 37.3 Å². The summed E-state index contributed by atoms with van der Waals surface area (Å²) in [6.07, 6.45) is -2.23. The zero-order chi connectivity index (χ0) is 29.7. The Labute approximate surface area is 237 Å². The predicted octanol–water partition coefficient (Wildman–Crippen LogP) is 4.24. The molecule has 3 heterocycles. The number of carbonyl (C=O) groups is 1. The van der Waals surface area contributed by atoms with Crippen LogP contribution in [0.2, 0.25) is 0 Å². The molecule has 10 nitrogen and oxygen atoms in total. The number of rotatable bonds is 11. The van der Waals surface area contributed by atoms with Gasteiger partial charge in [0, 0.05) is 43.7 Å². The van der Waals surface area contributed by atoms with Gasteiger partial charge in [0.25, 0.3) is 0 Å². The second-order valence-electron chi connectivity index (χ2n) is 9.69. The summed E-state index contributed by atoms with van der Waals surface area (Å²) in [5, 5.41) is 22.9. The van der Waals surface area contributed by atoms with Crippen LogP contribution < -0.4 is 10.2 Å². The maximum atomic E-state index is 14.2. The first-order valence-electron chi connectivity index (χ1n) is 12.7. The molecule has 1 fully saturated rings. The van der Waals surface area contributed by atoms with E-state index in [1.165, 1.54) is 12.4 Å². The number of methoxy groups -OCH3 is 1. The summed E-state index contributed by atoms with van der Waals surface area (Å²) in [5.41, 5.74) is -0.835. The number of carboxylic acids is 1. The number of halogens is 4. The van der Waals surface area contributed by atoms with E-state index >= 15 is 0 Å². The Morgan fingerprint density at radius 1 is 1.24 bits per heavy atom. The molecule has 3 aromatic rings. The van der Waals surface area contributed by atoms with Gasteiger partial charge in [-0.2, -0.15) is 13.2 Å². The molecule has 2 aromatic heterocycles.